The summed E-state index contributed by atoms with van der Waals surface area (Å²) in [6.07, 6.45) is 3.72. The highest BCUT2D eigenvalue weighted by atomic mass is 127. The van der Waals surface area contributed by atoms with Crippen LogP contribution in [-0.2, 0) is 13.1 Å². The van der Waals surface area contributed by atoms with E-state index < -0.39 is 0 Å². The van der Waals surface area contributed by atoms with Crippen molar-refractivity contribution in [1.29, 1.82) is 0 Å². The molecule has 1 aromatic heterocycles. The number of aliphatic imine (C=N–C) groups is 1. The molecule has 0 saturated heterocycles. The van der Waals surface area contributed by atoms with Gasteiger partial charge in [0.25, 0.3) is 0 Å². The second-order valence-corrected chi connectivity index (χ2v) is 6.13. The lowest BCUT2D eigenvalue weighted by Crippen LogP contribution is -2.39. The summed E-state index contributed by atoms with van der Waals surface area (Å²) in [7, 11) is 1.72. The van der Waals surface area contributed by atoms with Crippen LogP contribution in [0.1, 0.15) is 11.1 Å². The van der Waals surface area contributed by atoms with Crippen LogP contribution in [0.3, 0.4) is 0 Å². The Labute approximate surface area is 187 Å². The Hall–Kier alpha value is -2.62. The molecule has 2 N–H and O–H groups in total. The molecule has 3 rings (SSSR count). The van der Waals surface area contributed by atoms with Gasteiger partial charge in [-0.3, -0.25) is 9.67 Å². The lowest BCUT2D eigenvalue weighted by Gasteiger charge is -2.15. The normalized spacial score (nSPS) is 10.9. The van der Waals surface area contributed by atoms with Crippen molar-refractivity contribution in [2.75, 3.05) is 20.2 Å². The number of aromatic nitrogens is 2. The zero-order valence-electron chi connectivity index (χ0n) is 16.2. The van der Waals surface area contributed by atoms with Crippen LogP contribution in [0.15, 0.2) is 72.0 Å². The Kier molecular flexibility index (Phi) is 9.42. The third-order valence-electron chi connectivity index (χ3n) is 4.14. The van der Waals surface area contributed by atoms with E-state index in [0.717, 1.165) is 6.54 Å². The first-order valence-electron chi connectivity index (χ1n) is 9.11. The molecule has 0 amide bonds. The predicted molar refractivity (Wildman–Crippen MR) is 123 cm³/mol. The summed E-state index contributed by atoms with van der Waals surface area (Å²) < 4.78 is 20.6. The van der Waals surface area contributed by atoms with Crippen molar-refractivity contribution in [3.63, 3.8) is 0 Å². The third-order valence-corrected chi connectivity index (χ3v) is 4.14. The molecule has 154 valence electrons. The van der Waals surface area contributed by atoms with Gasteiger partial charge in [-0.2, -0.15) is 5.10 Å². The van der Waals surface area contributed by atoms with Crippen LogP contribution >= 0.6 is 24.0 Å². The van der Waals surface area contributed by atoms with Crippen LogP contribution in [0.2, 0.25) is 0 Å². The molecule has 0 spiro atoms. The molecule has 29 heavy (non-hydrogen) atoms. The van der Waals surface area contributed by atoms with Gasteiger partial charge in [-0.1, -0.05) is 30.3 Å². The minimum atomic E-state index is -0.309. The van der Waals surface area contributed by atoms with Gasteiger partial charge >= 0.3 is 0 Å². The molecule has 0 unspecified atom stereocenters. The lowest BCUT2D eigenvalue weighted by molar-refractivity contribution is 0.320. The first-order chi connectivity index (χ1) is 13.7. The number of hydrogen-bond acceptors (Lipinski definition) is 3. The standard InChI is InChI=1S/C21H24FN5O.HI/c1-23-21(24-11-13-28-20-9-4-8-19(22)14-20)25-15-17-6-2-3-7-18(17)16-27-12-5-10-26-27;/h2-10,12,14H,11,13,15-16H2,1H3,(H2,23,24,25);1H. The van der Waals surface area contributed by atoms with Crippen molar-refractivity contribution in [3.8, 4) is 5.75 Å². The highest BCUT2D eigenvalue weighted by molar-refractivity contribution is 14.0. The van der Waals surface area contributed by atoms with Gasteiger partial charge in [-0.15, -0.1) is 24.0 Å². The van der Waals surface area contributed by atoms with E-state index in [9.17, 15) is 4.39 Å². The Bertz CT molecular complexity index is 902. The van der Waals surface area contributed by atoms with Gasteiger partial charge in [0.15, 0.2) is 5.96 Å². The molecule has 0 fully saturated rings. The average Bonchev–Trinajstić information content (AvgIpc) is 3.22. The summed E-state index contributed by atoms with van der Waals surface area (Å²) in [6.45, 7) is 2.31. The van der Waals surface area contributed by atoms with Crippen LogP contribution in [0, 0.1) is 5.82 Å². The van der Waals surface area contributed by atoms with Crippen molar-refractivity contribution in [1.82, 2.24) is 20.4 Å². The minimum absolute atomic E-state index is 0. The van der Waals surface area contributed by atoms with E-state index in [-0.39, 0.29) is 29.8 Å². The monoisotopic (exact) mass is 509 g/mol. The van der Waals surface area contributed by atoms with E-state index in [1.165, 1.54) is 23.3 Å². The first kappa shape index (κ1) is 22.7. The molecule has 2 aromatic carbocycles. The number of nitrogens with one attached hydrogen (secondary N) is 2. The summed E-state index contributed by atoms with van der Waals surface area (Å²) in [5, 5.41) is 10.8. The number of guanidine groups is 1. The minimum Gasteiger partial charge on any atom is -0.492 e. The molecule has 0 bridgehead atoms. The molecule has 6 nitrogen and oxygen atoms in total. The summed E-state index contributed by atoms with van der Waals surface area (Å²) >= 11 is 0. The maximum Gasteiger partial charge on any atom is 0.191 e. The van der Waals surface area contributed by atoms with Gasteiger partial charge < -0.3 is 15.4 Å². The maximum absolute atomic E-state index is 13.1. The van der Waals surface area contributed by atoms with E-state index in [2.05, 4.69) is 32.9 Å². The summed E-state index contributed by atoms with van der Waals surface area (Å²) in [6, 6.07) is 16.3. The maximum atomic E-state index is 13.1. The highest BCUT2D eigenvalue weighted by Crippen LogP contribution is 2.11. The van der Waals surface area contributed by atoms with Crippen LogP contribution in [0.4, 0.5) is 4.39 Å². The van der Waals surface area contributed by atoms with E-state index in [0.29, 0.717) is 31.4 Å². The Morgan fingerprint density at radius 3 is 2.66 bits per heavy atom. The molecular weight excluding hydrogens is 484 g/mol. The number of halogens is 2. The Morgan fingerprint density at radius 2 is 1.93 bits per heavy atom. The summed E-state index contributed by atoms with van der Waals surface area (Å²) in [4.78, 5) is 4.23. The molecule has 0 aliphatic carbocycles. The van der Waals surface area contributed by atoms with Crippen molar-refractivity contribution >= 4 is 29.9 Å². The van der Waals surface area contributed by atoms with Crippen molar-refractivity contribution in [3.05, 3.63) is 83.9 Å². The first-order valence-corrected chi connectivity index (χ1v) is 9.11. The van der Waals surface area contributed by atoms with Crippen LogP contribution in [-0.4, -0.2) is 35.9 Å². The summed E-state index contributed by atoms with van der Waals surface area (Å²) in [5.74, 6) is 0.880. The molecule has 8 heteroatoms. The number of nitrogens with zero attached hydrogens (tertiary/aromatic N) is 3. The highest BCUT2D eigenvalue weighted by Gasteiger charge is 2.05. The number of benzene rings is 2. The number of rotatable bonds is 8. The lowest BCUT2D eigenvalue weighted by atomic mass is 10.1. The molecule has 0 aliphatic heterocycles. The number of ether oxygens (including phenoxy) is 1. The SMILES string of the molecule is CN=C(NCCOc1cccc(F)c1)NCc1ccccc1Cn1cccn1.I. The predicted octanol–water partition coefficient (Wildman–Crippen LogP) is 3.43. The Morgan fingerprint density at radius 1 is 1.10 bits per heavy atom. The van der Waals surface area contributed by atoms with E-state index >= 15 is 0 Å². The van der Waals surface area contributed by atoms with Crippen LogP contribution < -0.4 is 15.4 Å². The van der Waals surface area contributed by atoms with E-state index in [1.54, 1.807) is 25.4 Å². The quantitative estimate of drug-likeness (QED) is 0.212. The van der Waals surface area contributed by atoms with Gasteiger partial charge in [-0.25, -0.2) is 4.39 Å². The molecule has 0 saturated carbocycles. The average molecular weight is 509 g/mol. The molecule has 0 atom stereocenters. The molecule has 3 aromatic rings. The fourth-order valence-electron chi connectivity index (χ4n) is 2.75. The van der Waals surface area contributed by atoms with Crippen molar-refractivity contribution in [2.45, 2.75) is 13.1 Å². The van der Waals surface area contributed by atoms with Gasteiger partial charge in [0.05, 0.1) is 13.1 Å². The van der Waals surface area contributed by atoms with Gasteiger partial charge in [0.2, 0.25) is 0 Å². The van der Waals surface area contributed by atoms with Crippen LogP contribution in [0.5, 0.6) is 5.75 Å². The second kappa shape index (κ2) is 12.1. The Balaban J connectivity index is 0.00000300. The fraction of sp³-hybridized carbons (Fsp3) is 0.238. The zero-order valence-corrected chi connectivity index (χ0v) is 18.5. The number of hydrogen-bond donors (Lipinski definition) is 2. The third kappa shape index (κ3) is 7.37. The van der Waals surface area contributed by atoms with Gasteiger partial charge in [0.1, 0.15) is 18.2 Å². The van der Waals surface area contributed by atoms with E-state index in [1.807, 2.05) is 29.1 Å². The second-order valence-electron chi connectivity index (χ2n) is 6.13. The fourth-order valence-corrected chi connectivity index (χ4v) is 2.75. The molecule has 0 radical (unpaired) electrons. The summed E-state index contributed by atoms with van der Waals surface area (Å²) in [5.41, 5.74) is 2.38. The molecule has 1 heterocycles. The molecular formula is C21H25FIN5O. The topological polar surface area (TPSA) is 63.5 Å². The smallest absolute Gasteiger partial charge is 0.191 e. The van der Waals surface area contributed by atoms with E-state index in [4.69, 9.17) is 4.74 Å². The van der Waals surface area contributed by atoms with Crippen molar-refractivity contribution < 1.29 is 9.13 Å². The molecule has 0 aliphatic rings. The van der Waals surface area contributed by atoms with Crippen molar-refractivity contribution in [2.24, 2.45) is 4.99 Å². The van der Waals surface area contributed by atoms with Gasteiger partial charge in [-0.05, 0) is 29.3 Å². The van der Waals surface area contributed by atoms with Crippen LogP contribution in [0.25, 0.3) is 0 Å². The van der Waals surface area contributed by atoms with Gasteiger partial charge in [0, 0.05) is 32.1 Å². The largest absolute Gasteiger partial charge is 0.492 e. The zero-order chi connectivity index (χ0) is 19.6.